The average Bonchev–Trinajstić information content (AvgIpc) is 3.24. The lowest BCUT2D eigenvalue weighted by molar-refractivity contribution is 0.223. The van der Waals surface area contributed by atoms with Gasteiger partial charge in [0.25, 0.3) is 0 Å². The van der Waals surface area contributed by atoms with Crippen LogP contribution in [-0.4, -0.2) is 61.1 Å². The van der Waals surface area contributed by atoms with Crippen molar-refractivity contribution < 1.29 is 0 Å². The van der Waals surface area contributed by atoms with E-state index in [1.807, 2.05) is 0 Å². The third kappa shape index (κ3) is 4.95. The van der Waals surface area contributed by atoms with Gasteiger partial charge in [0.1, 0.15) is 0 Å². The zero-order chi connectivity index (χ0) is 16.7. The molecule has 4 nitrogen and oxygen atoms in total. The summed E-state index contributed by atoms with van der Waals surface area (Å²) in [4.78, 5) is 9.92. The van der Waals surface area contributed by atoms with Crippen molar-refractivity contribution in [2.24, 2.45) is 4.99 Å². The lowest BCUT2D eigenvalue weighted by Crippen LogP contribution is -2.43. The van der Waals surface area contributed by atoms with Crippen LogP contribution in [0.5, 0.6) is 0 Å². The Balaban J connectivity index is 1.96. The van der Waals surface area contributed by atoms with Crippen molar-refractivity contribution in [2.75, 3.05) is 39.3 Å². The van der Waals surface area contributed by atoms with E-state index in [4.69, 9.17) is 4.99 Å². The average molecular weight is 337 g/mol. The molecule has 2 unspecified atom stereocenters. The predicted octanol–water partition coefficient (Wildman–Crippen LogP) is 3.23. The summed E-state index contributed by atoms with van der Waals surface area (Å²) in [5.74, 6) is 1.57. The van der Waals surface area contributed by atoms with Crippen LogP contribution in [0.3, 0.4) is 0 Å². The van der Waals surface area contributed by atoms with Gasteiger partial charge >= 0.3 is 0 Å². The number of hydrogen-bond acceptors (Lipinski definition) is 3. The maximum atomic E-state index is 4.91. The van der Waals surface area contributed by atoms with E-state index in [0.717, 1.165) is 45.2 Å². The standard InChI is InChI=1S/C18H32N4S/c1-5-19-18(20-12-15(4)16-9-11-23-14-16)22-10-8-17(13-22)21(6-2)7-3/h9,11,14-15,17H,5-8,10,12-13H2,1-4H3,(H,19,20). The highest BCUT2D eigenvalue weighted by Gasteiger charge is 2.28. The lowest BCUT2D eigenvalue weighted by Gasteiger charge is -2.27. The maximum absolute atomic E-state index is 4.91. The van der Waals surface area contributed by atoms with Crippen molar-refractivity contribution in [2.45, 2.75) is 46.1 Å². The molecule has 0 bridgehead atoms. The summed E-state index contributed by atoms with van der Waals surface area (Å²) < 4.78 is 0. The Morgan fingerprint density at radius 3 is 2.83 bits per heavy atom. The number of nitrogens with one attached hydrogen (secondary N) is 1. The van der Waals surface area contributed by atoms with E-state index >= 15 is 0 Å². The molecule has 1 saturated heterocycles. The molecule has 1 aliphatic rings. The van der Waals surface area contributed by atoms with Gasteiger partial charge in [-0.1, -0.05) is 20.8 Å². The quantitative estimate of drug-likeness (QED) is 0.612. The normalized spacial score (nSPS) is 20.3. The number of guanidine groups is 1. The molecule has 2 heterocycles. The van der Waals surface area contributed by atoms with Crippen molar-refractivity contribution in [3.8, 4) is 0 Å². The van der Waals surface area contributed by atoms with Crippen LogP contribution in [0.15, 0.2) is 21.8 Å². The fourth-order valence-corrected chi connectivity index (χ4v) is 4.06. The maximum Gasteiger partial charge on any atom is 0.193 e. The zero-order valence-electron chi connectivity index (χ0n) is 15.1. The zero-order valence-corrected chi connectivity index (χ0v) is 15.9. The minimum atomic E-state index is 0.482. The van der Waals surface area contributed by atoms with Gasteiger partial charge < -0.3 is 10.2 Å². The number of hydrogen-bond donors (Lipinski definition) is 1. The summed E-state index contributed by atoms with van der Waals surface area (Å²) in [5, 5.41) is 7.86. The van der Waals surface area contributed by atoms with E-state index in [-0.39, 0.29) is 0 Å². The van der Waals surface area contributed by atoms with Gasteiger partial charge in [0.05, 0.1) is 0 Å². The minimum absolute atomic E-state index is 0.482. The highest BCUT2D eigenvalue weighted by atomic mass is 32.1. The molecule has 0 aromatic carbocycles. The highest BCUT2D eigenvalue weighted by molar-refractivity contribution is 7.07. The molecule has 0 radical (unpaired) electrons. The second-order valence-electron chi connectivity index (χ2n) is 6.26. The van der Waals surface area contributed by atoms with Crippen molar-refractivity contribution >= 4 is 17.3 Å². The summed E-state index contributed by atoms with van der Waals surface area (Å²) in [6.07, 6.45) is 1.24. The second kappa shape index (κ2) is 9.28. The van der Waals surface area contributed by atoms with Crippen molar-refractivity contribution in [3.05, 3.63) is 22.4 Å². The predicted molar refractivity (Wildman–Crippen MR) is 102 cm³/mol. The summed E-state index contributed by atoms with van der Waals surface area (Å²) in [7, 11) is 0. The van der Waals surface area contributed by atoms with Crippen LogP contribution in [0.25, 0.3) is 0 Å². The Morgan fingerprint density at radius 1 is 1.43 bits per heavy atom. The Hall–Kier alpha value is -1.07. The third-order valence-corrected chi connectivity index (χ3v) is 5.46. The molecule has 5 heteroatoms. The molecule has 0 saturated carbocycles. The first-order valence-corrected chi connectivity index (χ1v) is 9.93. The van der Waals surface area contributed by atoms with Crippen molar-refractivity contribution in [1.29, 1.82) is 0 Å². The Labute approximate surface area is 145 Å². The fraction of sp³-hybridized carbons (Fsp3) is 0.722. The van der Waals surface area contributed by atoms with Gasteiger partial charge in [-0.05, 0) is 48.8 Å². The molecule has 1 N–H and O–H groups in total. The van der Waals surface area contributed by atoms with Crippen molar-refractivity contribution in [3.63, 3.8) is 0 Å². The van der Waals surface area contributed by atoms with Gasteiger partial charge in [0, 0.05) is 38.1 Å². The Morgan fingerprint density at radius 2 is 2.22 bits per heavy atom. The second-order valence-corrected chi connectivity index (χ2v) is 7.04. The first kappa shape index (κ1) is 18.3. The molecule has 0 amide bonds. The van der Waals surface area contributed by atoms with E-state index in [0.29, 0.717) is 12.0 Å². The number of nitrogens with zero attached hydrogens (tertiary/aromatic N) is 3. The molecular formula is C18H32N4S. The van der Waals surface area contributed by atoms with Crippen LogP contribution in [0.2, 0.25) is 0 Å². The van der Waals surface area contributed by atoms with Crippen LogP contribution in [0.4, 0.5) is 0 Å². The summed E-state index contributed by atoms with van der Waals surface area (Å²) >= 11 is 1.77. The van der Waals surface area contributed by atoms with Crippen LogP contribution in [0, 0.1) is 0 Å². The number of aliphatic imine (C=N–C) groups is 1. The van der Waals surface area contributed by atoms with Gasteiger partial charge in [-0.25, -0.2) is 0 Å². The van der Waals surface area contributed by atoms with Gasteiger partial charge in [-0.15, -0.1) is 0 Å². The van der Waals surface area contributed by atoms with Gasteiger partial charge in [0.15, 0.2) is 5.96 Å². The number of likely N-dealkylation sites (tertiary alicyclic amines) is 1. The number of thiophene rings is 1. The molecule has 0 aliphatic carbocycles. The molecule has 1 aliphatic heterocycles. The van der Waals surface area contributed by atoms with Crippen LogP contribution in [-0.2, 0) is 0 Å². The van der Waals surface area contributed by atoms with Crippen LogP contribution in [0.1, 0.15) is 45.6 Å². The topological polar surface area (TPSA) is 30.9 Å². The van der Waals surface area contributed by atoms with E-state index in [2.05, 4.69) is 59.6 Å². The molecule has 23 heavy (non-hydrogen) atoms. The lowest BCUT2D eigenvalue weighted by atomic mass is 10.1. The molecular weight excluding hydrogens is 304 g/mol. The first-order chi connectivity index (χ1) is 11.2. The largest absolute Gasteiger partial charge is 0.357 e. The molecule has 0 spiro atoms. The molecule has 2 atom stereocenters. The first-order valence-electron chi connectivity index (χ1n) is 8.98. The van der Waals surface area contributed by atoms with Crippen molar-refractivity contribution in [1.82, 2.24) is 15.1 Å². The summed E-state index contributed by atoms with van der Waals surface area (Å²) in [6.45, 7) is 15.2. The molecule has 130 valence electrons. The highest BCUT2D eigenvalue weighted by Crippen LogP contribution is 2.19. The fourth-order valence-electron chi connectivity index (χ4n) is 3.28. The number of likely N-dealkylation sites (N-methyl/N-ethyl adjacent to an activating group) is 1. The smallest absolute Gasteiger partial charge is 0.193 e. The molecule has 1 aromatic rings. The number of rotatable bonds is 7. The Bertz CT molecular complexity index is 467. The van der Waals surface area contributed by atoms with E-state index in [9.17, 15) is 0 Å². The van der Waals surface area contributed by atoms with Gasteiger partial charge in [0.2, 0.25) is 0 Å². The monoisotopic (exact) mass is 336 g/mol. The molecule has 1 aromatic heterocycles. The molecule has 2 rings (SSSR count). The molecule has 1 fully saturated rings. The van der Waals surface area contributed by atoms with E-state index in [1.54, 1.807) is 11.3 Å². The van der Waals surface area contributed by atoms with Crippen LogP contribution < -0.4 is 5.32 Å². The van der Waals surface area contributed by atoms with E-state index < -0.39 is 0 Å². The summed E-state index contributed by atoms with van der Waals surface area (Å²) in [5.41, 5.74) is 1.40. The van der Waals surface area contributed by atoms with Gasteiger partial charge in [-0.3, -0.25) is 9.89 Å². The SMILES string of the molecule is CCNC(=NCC(C)c1ccsc1)N1CCC(N(CC)CC)C1. The van der Waals surface area contributed by atoms with Gasteiger partial charge in [-0.2, -0.15) is 11.3 Å². The third-order valence-electron chi connectivity index (χ3n) is 4.75. The van der Waals surface area contributed by atoms with Crippen LogP contribution >= 0.6 is 11.3 Å². The Kier molecular flexibility index (Phi) is 7.37. The van der Waals surface area contributed by atoms with E-state index in [1.165, 1.54) is 12.0 Å². The minimum Gasteiger partial charge on any atom is -0.357 e. The summed E-state index contributed by atoms with van der Waals surface area (Å²) in [6, 6.07) is 2.88.